The summed E-state index contributed by atoms with van der Waals surface area (Å²) in [5.74, 6) is -0.970. The Balaban J connectivity index is 1.62. The van der Waals surface area contributed by atoms with Crippen molar-refractivity contribution >= 4 is 23.7 Å². The molecule has 30 heavy (non-hydrogen) atoms. The number of benzene rings is 1. The zero-order valence-corrected chi connectivity index (χ0v) is 17.4. The molecule has 1 spiro atoms. The largest absolute Gasteiger partial charge is 0.497 e. The number of carbonyl (C=O) groups is 4. The van der Waals surface area contributed by atoms with Gasteiger partial charge in [0.1, 0.15) is 23.6 Å². The summed E-state index contributed by atoms with van der Waals surface area (Å²) in [6, 6.07) is 4.10. The molecule has 2 aliphatic rings. The van der Waals surface area contributed by atoms with E-state index < -0.39 is 42.4 Å². The first kappa shape index (κ1) is 21.6. The van der Waals surface area contributed by atoms with Crippen LogP contribution in [0.2, 0.25) is 0 Å². The first-order valence-corrected chi connectivity index (χ1v) is 9.87. The second-order valence-electron chi connectivity index (χ2n) is 7.59. The fraction of sp³-hybridized carbons (Fsp3) is 0.524. The zero-order chi connectivity index (χ0) is 21.9. The molecule has 1 aromatic rings. The molecule has 9 heteroatoms. The Morgan fingerprint density at radius 1 is 1.20 bits per heavy atom. The van der Waals surface area contributed by atoms with Crippen molar-refractivity contribution in [3.05, 3.63) is 23.8 Å². The van der Waals surface area contributed by atoms with Crippen molar-refractivity contribution in [2.45, 2.75) is 38.1 Å². The van der Waals surface area contributed by atoms with E-state index in [0.717, 1.165) is 24.2 Å². The van der Waals surface area contributed by atoms with Gasteiger partial charge in [-0.05, 0) is 37.0 Å². The van der Waals surface area contributed by atoms with Gasteiger partial charge in [0.15, 0.2) is 6.61 Å². The predicted octanol–water partition coefficient (Wildman–Crippen LogP) is 1.93. The van der Waals surface area contributed by atoms with Gasteiger partial charge >= 0.3 is 12.0 Å². The molecule has 1 N–H and O–H groups in total. The van der Waals surface area contributed by atoms with Crippen LogP contribution < -0.4 is 14.8 Å². The summed E-state index contributed by atoms with van der Waals surface area (Å²) in [6.07, 6.45) is 3.23. The van der Waals surface area contributed by atoms with Gasteiger partial charge in [0.2, 0.25) is 5.78 Å². The van der Waals surface area contributed by atoms with Gasteiger partial charge in [-0.1, -0.05) is 19.8 Å². The number of hydrogen-bond acceptors (Lipinski definition) is 7. The molecule has 0 bridgehead atoms. The normalized spacial score (nSPS) is 23.3. The van der Waals surface area contributed by atoms with Gasteiger partial charge in [-0.15, -0.1) is 0 Å². The molecular formula is C21H26N2O7. The van der Waals surface area contributed by atoms with Gasteiger partial charge in [0.25, 0.3) is 5.91 Å². The number of amides is 3. The van der Waals surface area contributed by atoms with Crippen LogP contribution >= 0.6 is 0 Å². The first-order valence-electron chi connectivity index (χ1n) is 9.87. The minimum absolute atomic E-state index is 0.00850. The maximum absolute atomic E-state index is 12.9. The molecule has 3 amide bonds. The summed E-state index contributed by atoms with van der Waals surface area (Å²) in [5, 5.41) is 2.77. The Hall–Kier alpha value is -3.10. The standard InChI is InChI=1S/C21H26N2O7/c1-13-6-4-5-9-21(13)19(26)23(20(27)22-21)11-18(25)30-12-16(24)15-10-14(28-2)7-8-17(15)29-3/h7-8,10,13H,4-6,9,11-12H2,1-3H3,(H,22,27)/t13-,21-/m1/s1. The minimum Gasteiger partial charge on any atom is -0.497 e. The highest BCUT2D eigenvalue weighted by atomic mass is 16.5. The summed E-state index contributed by atoms with van der Waals surface area (Å²) in [6.45, 7) is 0.842. The molecule has 3 rings (SSSR count). The van der Waals surface area contributed by atoms with Crippen molar-refractivity contribution in [1.29, 1.82) is 0 Å². The van der Waals surface area contributed by atoms with Crippen molar-refractivity contribution in [2.24, 2.45) is 5.92 Å². The molecule has 9 nitrogen and oxygen atoms in total. The molecule has 1 aliphatic heterocycles. The Morgan fingerprint density at radius 2 is 1.97 bits per heavy atom. The van der Waals surface area contributed by atoms with Crippen molar-refractivity contribution in [3.63, 3.8) is 0 Å². The highest BCUT2D eigenvalue weighted by molar-refractivity contribution is 6.09. The summed E-state index contributed by atoms with van der Waals surface area (Å²) in [7, 11) is 2.89. The molecule has 0 unspecified atom stereocenters. The van der Waals surface area contributed by atoms with Crippen LogP contribution in [-0.4, -0.2) is 61.5 Å². The van der Waals surface area contributed by atoms with Gasteiger partial charge in [-0.25, -0.2) is 4.79 Å². The number of carbonyl (C=O) groups excluding carboxylic acids is 4. The molecule has 1 aliphatic carbocycles. The molecule has 2 fully saturated rings. The number of Topliss-reactive ketones (excluding diaryl/α,β-unsaturated/α-hetero) is 1. The summed E-state index contributed by atoms with van der Waals surface area (Å²) < 4.78 is 15.3. The van der Waals surface area contributed by atoms with Crippen LogP contribution in [0.1, 0.15) is 43.0 Å². The Morgan fingerprint density at radius 3 is 2.63 bits per heavy atom. The highest BCUT2D eigenvalue weighted by Gasteiger charge is 2.55. The SMILES string of the molecule is COc1ccc(OC)c(C(=O)COC(=O)CN2C(=O)N[C@@]3(CCCC[C@H]3C)C2=O)c1. The van der Waals surface area contributed by atoms with Crippen LogP contribution in [0, 0.1) is 5.92 Å². The van der Waals surface area contributed by atoms with Crippen LogP contribution in [0.5, 0.6) is 11.5 Å². The van der Waals surface area contributed by atoms with E-state index in [4.69, 9.17) is 14.2 Å². The van der Waals surface area contributed by atoms with Crippen LogP contribution in [0.15, 0.2) is 18.2 Å². The van der Waals surface area contributed by atoms with Crippen molar-refractivity contribution in [2.75, 3.05) is 27.4 Å². The van der Waals surface area contributed by atoms with Gasteiger partial charge < -0.3 is 19.5 Å². The molecule has 162 valence electrons. The fourth-order valence-corrected chi connectivity index (χ4v) is 4.07. The second-order valence-corrected chi connectivity index (χ2v) is 7.59. The third kappa shape index (κ3) is 3.96. The zero-order valence-electron chi connectivity index (χ0n) is 17.4. The number of hydrogen-bond donors (Lipinski definition) is 1. The fourth-order valence-electron chi connectivity index (χ4n) is 4.07. The molecule has 0 radical (unpaired) electrons. The third-order valence-electron chi connectivity index (χ3n) is 5.86. The van der Waals surface area contributed by atoms with Gasteiger partial charge in [0.05, 0.1) is 19.8 Å². The number of nitrogens with zero attached hydrogens (tertiary/aromatic N) is 1. The molecule has 1 saturated heterocycles. The number of esters is 1. The molecule has 0 aromatic heterocycles. The molecule has 2 atom stereocenters. The van der Waals surface area contributed by atoms with E-state index in [-0.39, 0.29) is 11.5 Å². The number of ketones is 1. The van der Waals surface area contributed by atoms with E-state index >= 15 is 0 Å². The number of nitrogens with one attached hydrogen (secondary N) is 1. The lowest BCUT2D eigenvalue weighted by atomic mass is 9.73. The smallest absolute Gasteiger partial charge is 0.326 e. The maximum atomic E-state index is 12.9. The van der Waals surface area contributed by atoms with Gasteiger partial charge in [-0.3, -0.25) is 19.3 Å². The monoisotopic (exact) mass is 418 g/mol. The lowest BCUT2D eigenvalue weighted by Crippen LogP contribution is -2.54. The van der Waals surface area contributed by atoms with E-state index in [1.165, 1.54) is 20.3 Å². The van der Waals surface area contributed by atoms with E-state index in [1.807, 2.05) is 6.92 Å². The van der Waals surface area contributed by atoms with E-state index in [0.29, 0.717) is 17.9 Å². The average molecular weight is 418 g/mol. The van der Waals surface area contributed by atoms with Gasteiger partial charge in [-0.2, -0.15) is 0 Å². The highest BCUT2D eigenvalue weighted by Crippen LogP contribution is 2.38. The summed E-state index contributed by atoms with van der Waals surface area (Å²) in [5.41, 5.74) is -0.742. The van der Waals surface area contributed by atoms with Crippen molar-refractivity contribution < 1.29 is 33.4 Å². The van der Waals surface area contributed by atoms with Crippen molar-refractivity contribution in [3.8, 4) is 11.5 Å². The second kappa shape index (κ2) is 8.73. The molecule has 1 aromatic carbocycles. The van der Waals surface area contributed by atoms with Gasteiger partial charge in [0, 0.05) is 0 Å². The van der Waals surface area contributed by atoms with E-state index in [9.17, 15) is 19.2 Å². The maximum Gasteiger partial charge on any atom is 0.326 e. The lowest BCUT2D eigenvalue weighted by molar-refractivity contribution is -0.147. The number of urea groups is 1. The Labute approximate surface area is 174 Å². The van der Waals surface area contributed by atoms with Crippen molar-refractivity contribution in [1.82, 2.24) is 10.2 Å². The molecule has 1 saturated carbocycles. The predicted molar refractivity (Wildman–Crippen MR) is 105 cm³/mol. The number of ether oxygens (including phenoxy) is 3. The van der Waals surface area contributed by atoms with Crippen LogP contribution in [0.25, 0.3) is 0 Å². The van der Waals surface area contributed by atoms with Crippen LogP contribution in [0.4, 0.5) is 4.79 Å². The average Bonchev–Trinajstić information content (AvgIpc) is 2.98. The topological polar surface area (TPSA) is 111 Å². The first-order chi connectivity index (χ1) is 14.3. The Kier molecular flexibility index (Phi) is 6.28. The van der Waals surface area contributed by atoms with Crippen LogP contribution in [-0.2, 0) is 14.3 Å². The molecule has 1 heterocycles. The number of rotatable bonds is 7. The van der Waals surface area contributed by atoms with E-state index in [2.05, 4.69) is 5.32 Å². The number of imide groups is 1. The summed E-state index contributed by atoms with van der Waals surface area (Å²) >= 11 is 0. The quantitative estimate of drug-likeness (QED) is 0.409. The molecular weight excluding hydrogens is 392 g/mol. The van der Waals surface area contributed by atoms with E-state index in [1.54, 1.807) is 12.1 Å². The third-order valence-corrected chi connectivity index (χ3v) is 5.86. The Bertz CT molecular complexity index is 869. The minimum atomic E-state index is -0.945. The number of methoxy groups -OCH3 is 2. The van der Waals surface area contributed by atoms with Crippen LogP contribution in [0.3, 0.4) is 0 Å². The summed E-state index contributed by atoms with van der Waals surface area (Å²) in [4.78, 5) is 50.8. The lowest BCUT2D eigenvalue weighted by Gasteiger charge is -2.36.